The molecule has 0 radical (unpaired) electrons. The molecule has 4 nitrogen and oxygen atoms in total. The van der Waals surface area contributed by atoms with Crippen molar-refractivity contribution in [2.75, 3.05) is 13.7 Å². The van der Waals surface area contributed by atoms with Gasteiger partial charge in [0.1, 0.15) is 6.07 Å². The third kappa shape index (κ3) is 5.45. The van der Waals surface area contributed by atoms with E-state index in [2.05, 4.69) is 6.92 Å². The molecule has 0 aliphatic heterocycles. The van der Waals surface area contributed by atoms with Crippen LogP contribution in [0.2, 0.25) is 0 Å². The lowest BCUT2D eigenvalue weighted by atomic mass is 9.86. The number of hydrogen-bond acceptors (Lipinski definition) is 4. The molecular weight excluding hydrogens is 290 g/mol. The van der Waals surface area contributed by atoms with Crippen LogP contribution in [0, 0.1) is 16.7 Å². The van der Waals surface area contributed by atoms with Crippen molar-refractivity contribution in [3.05, 3.63) is 29.3 Å². The van der Waals surface area contributed by atoms with E-state index in [1.54, 1.807) is 52.2 Å². The molecule has 1 rings (SSSR count). The molecule has 4 heteroatoms. The van der Waals surface area contributed by atoms with Gasteiger partial charge in [0.15, 0.2) is 17.3 Å². The lowest BCUT2D eigenvalue weighted by molar-refractivity contribution is -0.121. The minimum atomic E-state index is -0.589. The van der Waals surface area contributed by atoms with Crippen molar-refractivity contribution in [1.82, 2.24) is 0 Å². The van der Waals surface area contributed by atoms with Gasteiger partial charge in [-0.1, -0.05) is 40.2 Å². The normalized spacial score (nSPS) is 11.7. The van der Waals surface area contributed by atoms with Gasteiger partial charge in [0, 0.05) is 5.41 Å². The van der Waals surface area contributed by atoms with Crippen LogP contribution in [0.5, 0.6) is 11.5 Å². The summed E-state index contributed by atoms with van der Waals surface area (Å²) >= 11 is 0. The Labute approximate surface area is 138 Å². The second-order valence-electron chi connectivity index (χ2n) is 6.36. The maximum atomic E-state index is 12.3. The number of unbranched alkanes of at least 4 members (excludes halogenated alkanes) is 1. The number of rotatable bonds is 7. The molecule has 0 heterocycles. The molecule has 1 aromatic rings. The van der Waals surface area contributed by atoms with Gasteiger partial charge in [0.05, 0.1) is 19.3 Å². The average Bonchev–Trinajstić information content (AvgIpc) is 2.51. The van der Waals surface area contributed by atoms with Crippen molar-refractivity contribution in [2.24, 2.45) is 5.41 Å². The van der Waals surface area contributed by atoms with E-state index in [1.165, 1.54) is 0 Å². The number of methoxy groups -OCH3 is 1. The topological polar surface area (TPSA) is 59.3 Å². The Kier molecular flexibility index (Phi) is 6.84. The van der Waals surface area contributed by atoms with Crippen LogP contribution >= 0.6 is 0 Å². The van der Waals surface area contributed by atoms with E-state index in [1.807, 2.05) is 6.07 Å². The number of carbonyl (C=O) groups is 1. The van der Waals surface area contributed by atoms with Crippen LogP contribution in [0.15, 0.2) is 23.8 Å². The van der Waals surface area contributed by atoms with Crippen molar-refractivity contribution in [2.45, 2.75) is 40.5 Å². The Morgan fingerprint density at radius 1 is 1.30 bits per heavy atom. The summed E-state index contributed by atoms with van der Waals surface area (Å²) in [5, 5.41) is 9.27. The van der Waals surface area contributed by atoms with Gasteiger partial charge in [-0.3, -0.25) is 4.79 Å². The van der Waals surface area contributed by atoms with Crippen molar-refractivity contribution >= 4 is 11.9 Å². The van der Waals surface area contributed by atoms with E-state index < -0.39 is 5.41 Å². The van der Waals surface area contributed by atoms with Crippen molar-refractivity contribution < 1.29 is 14.3 Å². The summed E-state index contributed by atoms with van der Waals surface area (Å²) in [6, 6.07) is 7.38. The van der Waals surface area contributed by atoms with Gasteiger partial charge in [-0.05, 0) is 30.2 Å². The van der Waals surface area contributed by atoms with Crippen LogP contribution in [0.3, 0.4) is 0 Å². The average molecular weight is 315 g/mol. The fourth-order valence-electron chi connectivity index (χ4n) is 1.94. The Morgan fingerprint density at radius 2 is 2.00 bits per heavy atom. The highest BCUT2D eigenvalue weighted by atomic mass is 16.5. The Balaban J connectivity index is 3.12. The van der Waals surface area contributed by atoms with E-state index in [0.717, 1.165) is 18.4 Å². The summed E-state index contributed by atoms with van der Waals surface area (Å²) in [5.41, 5.74) is 0.294. The Morgan fingerprint density at radius 3 is 2.52 bits per heavy atom. The standard InChI is InChI=1S/C19H25NO3/c1-6-7-10-23-17-12-14(8-9-16(17)22-5)11-15(13-20)18(21)19(2,3)4/h8-9,11-12H,6-7,10H2,1-5H3/b15-11+. The fraction of sp³-hybridized carbons (Fsp3) is 0.474. The summed E-state index contributed by atoms with van der Waals surface area (Å²) in [5.74, 6) is 1.08. The van der Waals surface area contributed by atoms with Gasteiger partial charge < -0.3 is 9.47 Å². The second kappa shape index (κ2) is 8.38. The molecule has 0 bridgehead atoms. The number of ether oxygens (including phenoxy) is 2. The molecule has 0 spiro atoms. The van der Waals surface area contributed by atoms with Gasteiger partial charge >= 0.3 is 0 Å². The molecule has 0 aliphatic carbocycles. The second-order valence-corrected chi connectivity index (χ2v) is 6.36. The number of nitriles is 1. The molecule has 1 aromatic carbocycles. The summed E-state index contributed by atoms with van der Waals surface area (Å²) in [6.45, 7) is 8.10. The first-order chi connectivity index (χ1) is 10.8. The maximum Gasteiger partial charge on any atom is 0.178 e. The molecule has 0 N–H and O–H groups in total. The molecule has 0 fully saturated rings. The molecule has 0 atom stereocenters. The van der Waals surface area contributed by atoms with Gasteiger partial charge in [0.2, 0.25) is 0 Å². The quantitative estimate of drug-likeness (QED) is 0.425. The van der Waals surface area contributed by atoms with E-state index in [9.17, 15) is 10.1 Å². The predicted molar refractivity (Wildman–Crippen MR) is 91.4 cm³/mol. The first-order valence-corrected chi connectivity index (χ1v) is 7.81. The summed E-state index contributed by atoms with van der Waals surface area (Å²) in [4.78, 5) is 12.3. The summed E-state index contributed by atoms with van der Waals surface area (Å²) in [7, 11) is 1.58. The van der Waals surface area contributed by atoms with E-state index in [4.69, 9.17) is 9.47 Å². The first-order valence-electron chi connectivity index (χ1n) is 7.81. The minimum absolute atomic E-state index is 0.141. The van der Waals surface area contributed by atoms with Crippen molar-refractivity contribution in [3.63, 3.8) is 0 Å². The number of nitrogens with zero attached hydrogens (tertiary/aromatic N) is 1. The molecule has 23 heavy (non-hydrogen) atoms. The highest BCUT2D eigenvalue weighted by Gasteiger charge is 2.25. The van der Waals surface area contributed by atoms with E-state index >= 15 is 0 Å². The summed E-state index contributed by atoms with van der Waals surface area (Å²) in [6.07, 6.45) is 3.59. The highest BCUT2D eigenvalue weighted by Crippen LogP contribution is 2.30. The summed E-state index contributed by atoms with van der Waals surface area (Å²) < 4.78 is 11.0. The van der Waals surface area contributed by atoms with Gasteiger partial charge in [-0.2, -0.15) is 5.26 Å². The monoisotopic (exact) mass is 315 g/mol. The molecule has 0 aliphatic rings. The van der Waals surface area contributed by atoms with Crippen LogP contribution < -0.4 is 9.47 Å². The first kappa shape index (κ1) is 18.8. The van der Waals surface area contributed by atoms with Crippen LogP contribution in [0.1, 0.15) is 46.1 Å². The van der Waals surface area contributed by atoms with Crippen LogP contribution in [0.4, 0.5) is 0 Å². The smallest absolute Gasteiger partial charge is 0.178 e. The third-order valence-electron chi connectivity index (χ3n) is 3.30. The minimum Gasteiger partial charge on any atom is -0.493 e. The molecule has 0 amide bonds. The zero-order valence-electron chi connectivity index (χ0n) is 14.6. The zero-order chi connectivity index (χ0) is 17.5. The van der Waals surface area contributed by atoms with Gasteiger partial charge in [-0.15, -0.1) is 0 Å². The number of hydrogen-bond donors (Lipinski definition) is 0. The fourth-order valence-corrected chi connectivity index (χ4v) is 1.94. The number of benzene rings is 1. The maximum absolute atomic E-state index is 12.3. The highest BCUT2D eigenvalue weighted by molar-refractivity contribution is 6.06. The number of Topliss-reactive ketones (excluding diaryl/α,β-unsaturated/α-hetero) is 1. The van der Waals surface area contributed by atoms with Crippen molar-refractivity contribution in [1.29, 1.82) is 5.26 Å². The lowest BCUT2D eigenvalue weighted by Crippen LogP contribution is -2.21. The molecule has 0 saturated carbocycles. The molecule has 0 saturated heterocycles. The van der Waals surface area contributed by atoms with Gasteiger partial charge in [-0.25, -0.2) is 0 Å². The van der Waals surface area contributed by atoms with Gasteiger partial charge in [0.25, 0.3) is 0 Å². The molecule has 0 aromatic heterocycles. The van der Waals surface area contributed by atoms with Crippen LogP contribution in [-0.2, 0) is 4.79 Å². The number of ketones is 1. The molecule has 124 valence electrons. The Bertz CT molecular complexity index is 618. The number of carbonyl (C=O) groups excluding carboxylic acids is 1. The van der Waals surface area contributed by atoms with Crippen LogP contribution in [-0.4, -0.2) is 19.5 Å². The molecule has 0 unspecified atom stereocenters. The Hall–Kier alpha value is -2.28. The van der Waals surface area contributed by atoms with Crippen LogP contribution in [0.25, 0.3) is 6.08 Å². The zero-order valence-corrected chi connectivity index (χ0v) is 14.6. The third-order valence-corrected chi connectivity index (χ3v) is 3.30. The van der Waals surface area contributed by atoms with E-state index in [-0.39, 0.29) is 11.4 Å². The van der Waals surface area contributed by atoms with E-state index in [0.29, 0.717) is 18.1 Å². The lowest BCUT2D eigenvalue weighted by Gasteiger charge is -2.15. The van der Waals surface area contributed by atoms with Crippen molar-refractivity contribution in [3.8, 4) is 17.6 Å². The molecular formula is C19H25NO3. The predicted octanol–water partition coefficient (Wildman–Crippen LogP) is 4.40. The number of allylic oxidation sites excluding steroid dienone is 1. The SMILES string of the molecule is CCCCOc1cc(/C=C(\C#N)C(=O)C(C)(C)C)ccc1OC. The largest absolute Gasteiger partial charge is 0.493 e.